The zero-order valence-corrected chi connectivity index (χ0v) is 8.97. The molecule has 0 N–H and O–H groups in total. The Balaban J connectivity index is 2.14. The number of aldehydes is 1. The maximum absolute atomic E-state index is 11.3. The molecule has 1 fully saturated rings. The summed E-state index contributed by atoms with van der Waals surface area (Å²) in [6.07, 6.45) is 4.61. The largest absolute Gasteiger partial charge is 0.344 e. The van der Waals surface area contributed by atoms with Crippen molar-refractivity contribution in [1.82, 2.24) is 0 Å². The van der Waals surface area contributed by atoms with Gasteiger partial charge in [-0.25, -0.2) is 0 Å². The quantitative estimate of drug-likeness (QED) is 0.572. The van der Waals surface area contributed by atoms with Crippen molar-refractivity contribution in [2.24, 2.45) is 0 Å². The first-order valence-electron chi connectivity index (χ1n) is 5.37. The minimum atomic E-state index is -0.922. The van der Waals surface area contributed by atoms with Gasteiger partial charge in [0.1, 0.15) is 0 Å². The number of epoxide rings is 1. The van der Waals surface area contributed by atoms with Crippen molar-refractivity contribution in [3.05, 3.63) is 41.5 Å². The van der Waals surface area contributed by atoms with Gasteiger partial charge < -0.3 is 9.47 Å². The van der Waals surface area contributed by atoms with E-state index in [1.807, 2.05) is 43.3 Å². The van der Waals surface area contributed by atoms with Crippen molar-refractivity contribution in [2.75, 3.05) is 6.61 Å². The molecule has 0 saturated carbocycles. The molecule has 2 unspecified atom stereocenters. The number of fused-ring (bicyclic) bond motifs is 3. The van der Waals surface area contributed by atoms with Crippen LogP contribution in [0.1, 0.15) is 18.1 Å². The molecule has 0 radical (unpaired) electrons. The van der Waals surface area contributed by atoms with Crippen molar-refractivity contribution < 1.29 is 14.3 Å². The minimum Gasteiger partial charge on any atom is -0.344 e. The third-order valence-electron chi connectivity index (χ3n) is 3.16. The van der Waals surface area contributed by atoms with E-state index in [4.69, 9.17) is 9.47 Å². The summed E-state index contributed by atoms with van der Waals surface area (Å²) < 4.78 is 11.1. The van der Waals surface area contributed by atoms with Crippen LogP contribution in [0.2, 0.25) is 0 Å². The smallest absolute Gasteiger partial charge is 0.231 e. The first-order valence-corrected chi connectivity index (χ1v) is 5.37. The Labute approximate surface area is 93.7 Å². The maximum Gasteiger partial charge on any atom is 0.231 e. The monoisotopic (exact) mass is 216 g/mol. The Morgan fingerprint density at radius 3 is 3.00 bits per heavy atom. The van der Waals surface area contributed by atoms with Gasteiger partial charge in [0.2, 0.25) is 11.4 Å². The minimum absolute atomic E-state index is 0.516. The molecule has 2 atom stereocenters. The van der Waals surface area contributed by atoms with Gasteiger partial charge >= 0.3 is 0 Å². The third kappa shape index (κ3) is 0.970. The van der Waals surface area contributed by atoms with E-state index in [9.17, 15) is 4.79 Å². The Kier molecular flexibility index (Phi) is 1.85. The van der Waals surface area contributed by atoms with E-state index in [1.54, 1.807) is 0 Å². The molecular formula is C13H12O3. The van der Waals surface area contributed by atoms with Crippen LogP contribution in [-0.2, 0) is 19.9 Å². The van der Waals surface area contributed by atoms with Crippen molar-refractivity contribution in [3.63, 3.8) is 0 Å². The maximum atomic E-state index is 11.3. The Bertz CT molecular complexity index is 480. The SMILES string of the molecule is CCOC12C=Cc3ccccc3C1(C=O)O2. The first-order chi connectivity index (χ1) is 7.78. The highest BCUT2D eigenvalue weighted by atomic mass is 16.8. The van der Waals surface area contributed by atoms with E-state index < -0.39 is 11.4 Å². The lowest BCUT2D eigenvalue weighted by molar-refractivity contribution is -0.112. The highest BCUT2D eigenvalue weighted by Gasteiger charge is 2.73. The van der Waals surface area contributed by atoms with Crippen molar-refractivity contribution in [1.29, 1.82) is 0 Å². The lowest BCUT2D eigenvalue weighted by Crippen LogP contribution is -2.29. The number of hydrogen-bond donors (Lipinski definition) is 0. The topological polar surface area (TPSA) is 38.8 Å². The molecule has 1 aliphatic heterocycles. The second-order valence-corrected chi connectivity index (χ2v) is 3.98. The van der Waals surface area contributed by atoms with Crippen LogP contribution in [0.4, 0.5) is 0 Å². The van der Waals surface area contributed by atoms with Crippen LogP contribution in [0, 0.1) is 0 Å². The summed E-state index contributed by atoms with van der Waals surface area (Å²) in [6.45, 7) is 2.41. The van der Waals surface area contributed by atoms with Crippen LogP contribution in [-0.4, -0.2) is 18.7 Å². The molecule has 1 aromatic rings. The van der Waals surface area contributed by atoms with Crippen LogP contribution in [0.5, 0.6) is 0 Å². The van der Waals surface area contributed by atoms with E-state index in [0.29, 0.717) is 6.61 Å². The number of hydrogen-bond acceptors (Lipinski definition) is 3. The number of carbonyl (C=O) groups excluding carboxylic acids is 1. The van der Waals surface area contributed by atoms with Crippen LogP contribution in [0.3, 0.4) is 0 Å². The van der Waals surface area contributed by atoms with E-state index >= 15 is 0 Å². The molecule has 3 heteroatoms. The zero-order chi connectivity index (χ0) is 11.2. The van der Waals surface area contributed by atoms with Gasteiger partial charge in [-0.15, -0.1) is 0 Å². The van der Waals surface area contributed by atoms with Crippen LogP contribution >= 0.6 is 0 Å². The van der Waals surface area contributed by atoms with Crippen molar-refractivity contribution in [2.45, 2.75) is 18.3 Å². The van der Waals surface area contributed by atoms with E-state index in [0.717, 1.165) is 17.4 Å². The van der Waals surface area contributed by atoms with Gasteiger partial charge in [0.05, 0.1) is 0 Å². The Morgan fingerprint density at radius 1 is 1.44 bits per heavy atom. The molecule has 16 heavy (non-hydrogen) atoms. The molecular weight excluding hydrogens is 204 g/mol. The van der Waals surface area contributed by atoms with Crippen LogP contribution in [0.25, 0.3) is 6.08 Å². The van der Waals surface area contributed by atoms with E-state index in [1.165, 1.54) is 0 Å². The Morgan fingerprint density at radius 2 is 2.25 bits per heavy atom. The normalized spacial score (nSPS) is 34.1. The van der Waals surface area contributed by atoms with Gasteiger partial charge in [-0.2, -0.15) is 0 Å². The van der Waals surface area contributed by atoms with Crippen LogP contribution in [0.15, 0.2) is 30.3 Å². The molecule has 1 heterocycles. The summed E-state index contributed by atoms with van der Waals surface area (Å²) in [5, 5.41) is 0. The fraction of sp³-hybridized carbons (Fsp3) is 0.308. The standard InChI is InChI=1S/C13H12O3/c1-2-15-13-8-7-10-5-3-4-6-11(10)12(13,9-14)16-13/h3-9H,2H2,1H3. The number of ether oxygens (including phenoxy) is 2. The Hall–Kier alpha value is -1.45. The highest BCUT2D eigenvalue weighted by Crippen LogP contribution is 2.59. The molecule has 2 aliphatic rings. The second kappa shape index (κ2) is 3.03. The summed E-state index contributed by atoms with van der Waals surface area (Å²) in [5.41, 5.74) is 0.984. The summed E-state index contributed by atoms with van der Waals surface area (Å²) in [6, 6.07) is 7.72. The molecule has 82 valence electrons. The van der Waals surface area contributed by atoms with Crippen molar-refractivity contribution in [3.8, 4) is 0 Å². The molecule has 0 bridgehead atoms. The molecule has 3 rings (SSSR count). The molecule has 0 amide bonds. The average Bonchev–Trinajstić information content (AvgIpc) is 3.00. The number of rotatable bonds is 3. The van der Waals surface area contributed by atoms with Gasteiger partial charge in [0.15, 0.2) is 6.29 Å². The molecule has 0 spiro atoms. The summed E-state index contributed by atoms with van der Waals surface area (Å²) in [7, 11) is 0. The fourth-order valence-corrected chi connectivity index (χ4v) is 2.36. The van der Waals surface area contributed by atoms with Gasteiger partial charge in [-0.1, -0.05) is 30.3 Å². The lowest BCUT2D eigenvalue weighted by Gasteiger charge is -2.18. The molecule has 1 aromatic carbocycles. The molecule has 1 aliphatic carbocycles. The molecule has 0 aromatic heterocycles. The average molecular weight is 216 g/mol. The summed E-state index contributed by atoms with van der Waals surface area (Å²) in [5.74, 6) is -0.863. The zero-order valence-electron chi connectivity index (χ0n) is 8.97. The fourth-order valence-electron chi connectivity index (χ4n) is 2.36. The lowest BCUT2D eigenvalue weighted by atomic mass is 9.86. The van der Waals surface area contributed by atoms with Crippen LogP contribution < -0.4 is 0 Å². The van der Waals surface area contributed by atoms with Gasteiger partial charge in [0.25, 0.3) is 0 Å². The first kappa shape index (κ1) is 9.75. The predicted molar refractivity (Wildman–Crippen MR) is 58.7 cm³/mol. The van der Waals surface area contributed by atoms with Gasteiger partial charge in [-0.3, -0.25) is 4.79 Å². The highest BCUT2D eigenvalue weighted by molar-refractivity contribution is 5.80. The second-order valence-electron chi connectivity index (χ2n) is 3.98. The number of carbonyl (C=O) groups is 1. The van der Waals surface area contributed by atoms with Gasteiger partial charge in [-0.05, 0) is 18.6 Å². The summed E-state index contributed by atoms with van der Waals surface area (Å²) in [4.78, 5) is 11.3. The predicted octanol–water partition coefficient (Wildman–Crippen LogP) is 1.87. The summed E-state index contributed by atoms with van der Waals surface area (Å²) >= 11 is 0. The van der Waals surface area contributed by atoms with E-state index in [2.05, 4.69) is 0 Å². The van der Waals surface area contributed by atoms with Crippen molar-refractivity contribution >= 4 is 12.4 Å². The molecule has 3 nitrogen and oxygen atoms in total. The van der Waals surface area contributed by atoms with Gasteiger partial charge in [0, 0.05) is 12.2 Å². The van der Waals surface area contributed by atoms with E-state index in [-0.39, 0.29) is 0 Å². The molecule has 1 saturated heterocycles. The third-order valence-corrected chi connectivity index (χ3v) is 3.16. The number of benzene rings is 1.